The van der Waals surface area contributed by atoms with Crippen LogP contribution < -0.4 is 0 Å². The van der Waals surface area contributed by atoms with Gasteiger partial charge in [-0.25, -0.2) is 0 Å². The molecule has 0 aromatic carbocycles. The number of esters is 3. The number of carboxylic acid groups (broad SMARTS) is 1. The van der Waals surface area contributed by atoms with E-state index in [1.54, 1.807) is 13.0 Å². The molecule has 0 aliphatic heterocycles. The van der Waals surface area contributed by atoms with Gasteiger partial charge < -0.3 is 19.3 Å². The molecule has 4 saturated carbocycles. The summed E-state index contributed by atoms with van der Waals surface area (Å²) >= 11 is 0. The molecule has 2 spiro atoms. The molecule has 5 rings (SSSR count). The van der Waals surface area contributed by atoms with Crippen LogP contribution >= 0.6 is 0 Å². The Morgan fingerprint density at radius 3 is 2.37 bits per heavy atom. The highest BCUT2D eigenvalue weighted by molar-refractivity contribution is 6.00. The molecule has 0 saturated heterocycles. The summed E-state index contributed by atoms with van der Waals surface area (Å²) in [6, 6.07) is 0. The number of allylic oxidation sites excluding steroid dienone is 2. The minimum absolute atomic E-state index is 0.00743. The van der Waals surface area contributed by atoms with Crippen molar-refractivity contribution in [3.8, 4) is 0 Å². The number of carboxylic acids is 1. The van der Waals surface area contributed by atoms with Gasteiger partial charge in [0.1, 0.15) is 6.10 Å². The number of Topliss-reactive ketones (excluding diaryl/α,β-unsaturated/α-hetero) is 1. The van der Waals surface area contributed by atoms with E-state index in [-0.39, 0.29) is 58.9 Å². The fourth-order valence-electron chi connectivity index (χ4n) is 10.8. The van der Waals surface area contributed by atoms with Crippen LogP contribution in [0.3, 0.4) is 0 Å². The maximum Gasteiger partial charge on any atom is 0.306 e. The van der Waals surface area contributed by atoms with Gasteiger partial charge in [0, 0.05) is 31.6 Å². The summed E-state index contributed by atoms with van der Waals surface area (Å²) in [6.07, 6.45) is 6.44. The topological polar surface area (TPSA) is 150 Å². The first kappa shape index (κ1) is 34.0. The summed E-state index contributed by atoms with van der Waals surface area (Å²) in [5.74, 6) is -3.93. The molecule has 1 N–H and O–H groups in total. The highest BCUT2D eigenvalue weighted by Gasteiger charge is 2.82. The third kappa shape index (κ3) is 5.14. The van der Waals surface area contributed by atoms with Gasteiger partial charge in [0.05, 0.1) is 19.4 Å². The number of rotatable bonds is 11. The van der Waals surface area contributed by atoms with Gasteiger partial charge in [0.25, 0.3) is 0 Å². The second-order valence-electron chi connectivity index (χ2n) is 15.2. The number of hydrogen-bond acceptors (Lipinski definition) is 9. The van der Waals surface area contributed by atoms with Gasteiger partial charge in [-0.3, -0.25) is 28.8 Å². The fourth-order valence-corrected chi connectivity index (χ4v) is 10.8. The number of ketones is 2. The van der Waals surface area contributed by atoms with Crippen LogP contribution in [0.2, 0.25) is 0 Å². The highest BCUT2D eigenvalue weighted by Crippen LogP contribution is 2.87. The minimum atomic E-state index is -1.27. The third-order valence-electron chi connectivity index (χ3n) is 13.2. The van der Waals surface area contributed by atoms with E-state index in [0.717, 1.165) is 32.1 Å². The van der Waals surface area contributed by atoms with Gasteiger partial charge in [0.2, 0.25) is 0 Å². The molecular formula is C36H48O10. The largest absolute Gasteiger partial charge is 0.481 e. The van der Waals surface area contributed by atoms with Crippen molar-refractivity contribution in [1.82, 2.24) is 0 Å². The van der Waals surface area contributed by atoms with Crippen LogP contribution in [0.4, 0.5) is 0 Å². The number of carbonyl (C=O) groups is 6. The third-order valence-corrected chi connectivity index (χ3v) is 13.2. The lowest BCUT2D eigenvalue weighted by Gasteiger charge is -2.60. The lowest BCUT2D eigenvalue weighted by Crippen LogP contribution is -2.57. The Balaban J connectivity index is 1.45. The summed E-state index contributed by atoms with van der Waals surface area (Å²) in [5.41, 5.74) is -0.763. The molecule has 5 aliphatic rings. The Morgan fingerprint density at radius 1 is 1.04 bits per heavy atom. The van der Waals surface area contributed by atoms with Crippen LogP contribution in [0.25, 0.3) is 0 Å². The summed E-state index contributed by atoms with van der Waals surface area (Å²) in [7, 11) is 0. The van der Waals surface area contributed by atoms with E-state index in [4.69, 9.17) is 19.3 Å². The molecule has 0 bridgehead atoms. The standard InChI is InChI=1S/C36H48O10/c1-19(17-44-29(42)11-10-28(40)41)20(2)31(43)32(46-23(5)38)30-26(45-22(4)37)16-34(7)27-9-8-24-21(3)25(39)12-13-35(24)18-36(27,35)15-14-33(30,34)6/h12-13,19,21,24,26-27,30,32H,2,8-11,14-18H2,1,3-7H3,(H,40,41)/t19-,21-,24?,26-,27-,30?,32+,33+,34-,35+,36-/m0/s1. The molecule has 5 aliphatic carbocycles. The molecule has 4 fully saturated rings. The minimum Gasteiger partial charge on any atom is -0.481 e. The molecule has 0 heterocycles. The Morgan fingerprint density at radius 2 is 1.74 bits per heavy atom. The number of aliphatic carboxylic acids is 1. The smallest absolute Gasteiger partial charge is 0.306 e. The van der Waals surface area contributed by atoms with Crippen LogP contribution in [0.5, 0.6) is 0 Å². The Kier molecular flexibility index (Phi) is 8.69. The molecular weight excluding hydrogens is 592 g/mol. The number of hydrogen-bond donors (Lipinski definition) is 1. The van der Waals surface area contributed by atoms with Crippen LogP contribution in [0, 0.1) is 51.2 Å². The first-order chi connectivity index (χ1) is 21.4. The zero-order valence-corrected chi connectivity index (χ0v) is 27.9. The van der Waals surface area contributed by atoms with E-state index in [0.29, 0.717) is 12.3 Å². The normalized spacial score (nSPS) is 39.8. The van der Waals surface area contributed by atoms with Crippen molar-refractivity contribution in [3.63, 3.8) is 0 Å². The van der Waals surface area contributed by atoms with E-state index in [2.05, 4.69) is 33.4 Å². The zero-order valence-electron chi connectivity index (χ0n) is 27.9. The quantitative estimate of drug-likeness (QED) is 0.185. The Bertz CT molecular complexity index is 1400. The van der Waals surface area contributed by atoms with E-state index in [9.17, 15) is 28.8 Å². The molecule has 10 nitrogen and oxygen atoms in total. The summed E-state index contributed by atoms with van der Waals surface area (Å²) in [4.78, 5) is 74.8. The highest BCUT2D eigenvalue weighted by atomic mass is 16.6. The Labute approximate surface area is 270 Å². The maximum absolute atomic E-state index is 14.3. The van der Waals surface area contributed by atoms with E-state index in [1.807, 2.05) is 0 Å². The van der Waals surface area contributed by atoms with E-state index < -0.39 is 59.1 Å². The number of ether oxygens (including phenoxy) is 3. The molecule has 0 amide bonds. The lowest BCUT2D eigenvalue weighted by molar-refractivity contribution is -0.173. The molecule has 0 aromatic rings. The molecule has 252 valence electrons. The van der Waals surface area contributed by atoms with Crippen molar-refractivity contribution in [3.05, 3.63) is 24.3 Å². The lowest BCUT2D eigenvalue weighted by atomic mass is 9.43. The van der Waals surface area contributed by atoms with Crippen molar-refractivity contribution in [1.29, 1.82) is 0 Å². The predicted octanol–water partition coefficient (Wildman–Crippen LogP) is 5.02. The van der Waals surface area contributed by atoms with Gasteiger partial charge in [-0.2, -0.15) is 0 Å². The van der Waals surface area contributed by atoms with Crippen molar-refractivity contribution >= 4 is 35.4 Å². The van der Waals surface area contributed by atoms with Gasteiger partial charge >= 0.3 is 23.9 Å². The average molecular weight is 641 g/mol. The SMILES string of the molecule is C=C(C(=O)[C@H](OC(C)=O)C1[C@@H](OC(C)=O)C[C@@]2(C)[C@@H]3CCC4[C@H](C)C(=O)C=C[C@@]45C[C@@]35CC[C@]12C)[C@@H](C)COC(=O)CCC(=O)O. The predicted molar refractivity (Wildman–Crippen MR) is 165 cm³/mol. The molecule has 10 heteroatoms. The average Bonchev–Trinajstić information content (AvgIpc) is 3.59. The van der Waals surface area contributed by atoms with Crippen LogP contribution in [0.1, 0.15) is 92.9 Å². The van der Waals surface area contributed by atoms with E-state index >= 15 is 0 Å². The van der Waals surface area contributed by atoms with Gasteiger partial charge in [-0.15, -0.1) is 0 Å². The van der Waals surface area contributed by atoms with Crippen molar-refractivity contribution < 1.29 is 48.1 Å². The zero-order chi connectivity index (χ0) is 34.0. The van der Waals surface area contributed by atoms with Crippen molar-refractivity contribution in [2.45, 2.75) is 105 Å². The molecule has 0 aromatic heterocycles. The van der Waals surface area contributed by atoms with E-state index in [1.165, 1.54) is 13.8 Å². The van der Waals surface area contributed by atoms with Crippen molar-refractivity contribution in [2.75, 3.05) is 6.61 Å². The molecule has 11 atom stereocenters. The van der Waals surface area contributed by atoms with Gasteiger partial charge in [0.15, 0.2) is 17.7 Å². The molecule has 0 radical (unpaired) electrons. The molecule has 46 heavy (non-hydrogen) atoms. The second kappa shape index (κ2) is 11.7. The second-order valence-corrected chi connectivity index (χ2v) is 15.2. The van der Waals surface area contributed by atoms with Crippen LogP contribution in [0.15, 0.2) is 24.3 Å². The first-order valence-electron chi connectivity index (χ1n) is 16.6. The van der Waals surface area contributed by atoms with Crippen molar-refractivity contribution in [2.24, 2.45) is 51.2 Å². The maximum atomic E-state index is 14.3. The molecule has 2 unspecified atom stereocenters. The first-order valence-corrected chi connectivity index (χ1v) is 16.6. The summed E-state index contributed by atoms with van der Waals surface area (Å²) in [6.45, 7) is 14.5. The summed E-state index contributed by atoms with van der Waals surface area (Å²) < 4.78 is 17.1. The Hall–Kier alpha value is -3.30. The number of fused-ring (bicyclic) bond motifs is 2. The van der Waals surface area contributed by atoms with Crippen LogP contribution in [-0.2, 0) is 43.0 Å². The van der Waals surface area contributed by atoms with Crippen LogP contribution in [-0.4, -0.2) is 59.4 Å². The number of carbonyl (C=O) groups excluding carboxylic acids is 5. The summed E-state index contributed by atoms with van der Waals surface area (Å²) in [5, 5.41) is 8.83. The van der Waals surface area contributed by atoms with Gasteiger partial charge in [-0.1, -0.05) is 40.3 Å². The fraction of sp³-hybridized carbons (Fsp3) is 0.722. The monoisotopic (exact) mass is 640 g/mol. The van der Waals surface area contributed by atoms with Gasteiger partial charge in [-0.05, 0) is 83.7 Å².